The van der Waals surface area contributed by atoms with Crippen LogP contribution < -0.4 is 0 Å². The van der Waals surface area contributed by atoms with Crippen molar-refractivity contribution < 1.29 is 12.9 Å². The minimum absolute atomic E-state index is 0.0104. The van der Waals surface area contributed by atoms with E-state index in [4.69, 9.17) is 0 Å². The Morgan fingerprint density at radius 3 is 2.36 bits per heavy atom. The number of fused-ring (bicyclic) bond motifs is 1. The van der Waals surface area contributed by atoms with Crippen LogP contribution in [0.4, 0.5) is 12.9 Å². The molecule has 0 nitrogen and oxygen atoms in total. The quantitative estimate of drug-likeness (QED) is 0.520. The highest BCUT2D eigenvalue weighted by Gasteiger charge is 2.64. The summed E-state index contributed by atoms with van der Waals surface area (Å²) in [5.41, 5.74) is 0. The molecule has 0 radical (unpaired) electrons. The second-order valence-electron chi connectivity index (χ2n) is 3.95. The van der Waals surface area contributed by atoms with Crippen LogP contribution in [0.15, 0.2) is 0 Å². The molecule has 11 heavy (non-hydrogen) atoms. The molecule has 0 aromatic rings. The van der Waals surface area contributed by atoms with Gasteiger partial charge in [0.2, 0.25) is 0 Å². The molecule has 2 unspecified atom stereocenters. The molecule has 2 atom stereocenters. The molecule has 0 aliphatic heterocycles. The molecule has 0 bridgehead atoms. The standard InChI is InChI=1S/C7H11BF3/c9-8(10,11)7-4-2-1-3-6(7)5-7/h6H,1-5H2/q-1. The third-order valence-electron chi connectivity index (χ3n) is 3.38. The molecule has 0 aromatic carbocycles. The molecular weight excluding hydrogens is 152 g/mol. The molecule has 2 rings (SSSR count). The van der Waals surface area contributed by atoms with Gasteiger partial charge in [-0.2, -0.15) is 0 Å². The van der Waals surface area contributed by atoms with Gasteiger partial charge in [0.25, 0.3) is 0 Å². The largest absolute Gasteiger partial charge is 0.484 e. The van der Waals surface area contributed by atoms with Crippen molar-refractivity contribution in [2.75, 3.05) is 0 Å². The zero-order valence-corrected chi connectivity index (χ0v) is 6.32. The van der Waals surface area contributed by atoms with E-state index in [9.17, 15) is 12.9 Å². The Morgan fingerprint density at radius 1 is 1.18 bits per heavy atom. The van der Waals surface area contributed by atoms with Crippen molar-refractivity contribution in [3.63, 3.8) is 0 Å². The van der Waals surface area contributed by atoms with Crippen LogP contribution >= 0.6 is 0 Å². The fraction of sp³-hybridized carbons (Fsp3) is 1.00. The summed E-state index contributed by atoms with van der Waals surface area (Å²) in [6.07, 6.45) is 3.48. The Kier molecular flexibility index (Phi) is 1.34. The molecular formula is C7H11BF3-. The maximum Gasteiger partial charge on any atom is 0.484 e. The van der Waals surface area contributed by atoms with E-state index in [-0.39, 0.29) is 5.92 Å². The third-order valence-corrected chi connectivity index (χ3v) is 3.38. The molecule has 0 aromatic heterocycles. The normalized spacial score (nSPS) is 43.4. The molecule has 2 saturated carbocycles. The Bertz CT molecular complexity index is 177. The van der Waals surface area contributed by atoms with Gasteiger partial charge in [0.15, 0.2) is 0 Å². The third kappa shape index (κ3) is 0.910. The van der Waals surface area contributed by atoms with Crippen LogP contribution in [0.1, 0.15) is 32.1 Å². The van der Waals surface area contributed by atoms with E-state index in [0.29, 0.717) is 12.8 Å². The van der Waals surface area contributed by atoms with E-state index in [2.05, 4.69) is 0 Å². The fourth-order valence-electron chi connectivity index (χ4n) is 2.50. The highest BCUT2D eigenvalue weighted by molar-refractivity contribution is 6.63. The van der Waals surface area contributed by atoms with Crippen LogP contribution in [0.25, 0.3) is 0 Å². The first-order valence-corrected chi connectivity index (χ1v) is 4.26. The topological polar surface area (TPSA) is 0 Å². The highest BCUT2D eigenvalue weighted by Crippen LogP contribution is 2.73. The summed E-state index contributed by atoms with van der Waals surface area (Å²) in [4.78, 5) is 0. The smallest absolute Gasteiger partial charge is 0.449 e. The lowest BCUT2D eigenvalue weighted by atomic mass is 9.62. The summed E-state index contributed by atoms with van der Waals surface area (Å²) < 4.78 is 37.3. The Balaban J connectivity index is 2.13. The van der Waals surface area contributed by atoms with Gasteiger partial charge in [0, 0.05) is 0 Å². The second-order valence-corrected chi connectivity index (χ2v) is 3.95. The minimum atomic E-state index is -4.54. The van der Waals surface area contributed by atoms with Crippen molar-refractivity contribution in [3.05, 3.63) is 0 Å². The fourth-order valence-corrected chi connectivity index (χ4v) is 2.50. The first-order chi connectivity index (χ1) is 5.06. The van der Waals surface area contributed by atoms with Gasteiger partial charge >= 0.3 is 6.98 Å². The Morgan fingerprint density at radius 2 is 1.91 bits per heavy atom. The van der Waals surface area contributed by atoms with Crippen molar-refractivity contribution in [2.45, 2.75) is 37.4 Å². The SMILES string of the molecule is F[B-](F)(F)C12CCCCC1C2. The average Bonchev–Trinajstić information content (AvgIpc) is 2.59. The van der Waals surface area contributed by atoms with Gasteiger partial charge in [0.1, 0.15) is 0 Å². The first kappa shape index (κ1) is 7.50. The van der Waals surface area contributed by atoms with Crippen LogP contribution in [0, 0.1) is 5.92 Å². The summed E-state index contributed by atoms with van der Waals surface area (Å²) in [6, 6.07) is 0. The highest BCUT2D eigenvalue weighted by atomic mass is 19.4. The molecule has 0 amide bonds. The van der Waals surface area contributed by atoms with Gasteiger partial charge in [-0.3, -0.25) is 0 Å². The molecule has 4 heteroatoms. The molecule has 0 heterocycles. The van der Waals surface area contributed by atoms with Crippen LogP contribution in [-0.2, 0) is 0 Å². The molecule has 0 N–H and O–H groups in total. The van der Waals surface area contributed by atoms with Gasteiger partial charge in [0.05, 0.1) is 0 Å². The lowest BCUT2D eigenvalue weighted by Gasteiger charge is -2.31. The molecule has 0 spiro atoms. The van der Waals surface area contributed by atoms with E-state index >= 15 is 0 Å². The number of hydrogen-bond donors (Lipinski definition) is 0. The van der Waals surface area contributed by atoms with Crippen LogP contribution in [0.3, 0.4) is 0 Å². The summed E-state index contributed by atoms with van der Waals surface area (Å²) in [6.45, 7) is -4.54. The van der Waals surface area contributed by atoms with Gasteiger partial charge in [-0.15, -0.1) is 0 Å². The van der Waals surface area contributed by atoms with Gasteiger partial charge in [-0.05, 0) is 0 Å². The zero-order valence-electron chi connectivity index (χ0n) is 6.32. The lowest BCUT2D eigenvalue weighted by molar-refractivity contribution is 0.365. The number of hydrogen-bond acceptors (Lipinski definition) is 0. The monoisotopic (exact) mass is 163 g/mol. The molecule has 2 aliphatic rings. The van der Waals surface area contributed by atoms with Crippen LogP contribution in [0.2, 0.25) is 5.31 Å². The van der Waals surface area contributed by atoms with E-state index in [1.165, 1.54) is 0 Å². The second kappa shape index (κ2) is 1.96. The minimum Gasteiger partial charge on any atom is -0.449 e. The lowest BCUT2D eigenvalue weighted by Crippen LogP contribution is -2.28. The van der Waals surface area contributed by atoms with Crippen molar-refractivity contribution in [1.82, 2.24) is 0 Å². The van der Waals surface area contributed by atoms with E-state index in [0.717, 1.165) is 19.3 Å². The van der Waals surface area contributed by atoms with E-state index in [1.807, 2.05) is 0 Å². The van der Waals surface area contributed by atoms with Crippen molar-refractivity contribution in [3.8, 4) is 0 Å². The van der Waals surface area contributed by atoms with E-state index < -0.39 is 12.3 Å². The average molecular weight is 163 g/mol. The zero-order chi connectivity index (χ0) is 8.11. The van der Waals surface area contributed by atoms with Gasteiger partial charge < -0.3 is 12.9 Å². The summed E-state index contributed by atoms with van der Waals surface area (Å²) in [7, 11) is 0. The predicted molar refractivity (Wildman–Crippen MR) is 38.3 cm³/mol. The molecule has 2 fully saturated rings. The molecule has 2 aliphatic carbocycles. The summed E-state index contributed by atoms with van der Waals surface area (Å²) in [5, 5.41) is -1.15. The predicted octanol–water partition coefficient (Wildman–Crippen LogP) is 3.17. The summed E-state index contributed by atoms with van der Waals surface area (Å²) >= 11 is 0. The van der Waals surface area contributed by atoms with Crippen LogP contribution in [-0.4, -0.2) is 6.98 Å². The van der Waals surface area contributed by atoms with Crippen LogP contribution in [0.5, 0.6) is 0 Å². The van der Waals surface area contributed by atoms with Crippen molar-refractivity contribution in [2.24, 2.45) is 5.92 Å². The van der Waals surface area contributed by atoms with E-state index in [1.54, 1.807) is 0 Å². The Labute approximate surface area is 64.2 Å². The number of halogens is 3. The maximum absolute atomic E-state index is 12.4. The number of rotatable bonds is 1. The van der Waals surface area contributed by atoms with Gasteiger partial charge in [-0.25, -0.2) is 0 Å². The summed E-state index contributed by atoms with van der Waals surface area (Å²) in [5.74, 6) is 0.0104. The maximum atomic E-state index is 12.4. The van der Waals surface area contributed by atoms with Gasteiger partial charge in [-0.1, -0.05) is 43.3 Å². The van der Waals surface area contributed by atoms with Crippen molar-refractivity contribution in [1.29, 1.82) is 0 Å². The van der Waals surface area contributed by atoms with Crippen molar-refractivity contribution >= 4 is 6.98 Å². The molecule has 64 valence electrons. The first-order valence-electron chi connectivity index (χ1n) is 4.26. The Hall–Kier alpha value is -0.145. The molecule has 0 saturated heterocycles.